The number of halogens is 1. The molecular weight excluding hydrogens is 250 g/mol. The quantitative estimate of drug-likeness (QED) is 0.626. The van der Waals surface area contributed by atoms with Crippen molar-refractivity contribution >= 4 is 28.2 Å². The fourth-order valence-corrected chi connectivity index (χ4v) is 2.05. The Morgan fingerprint density at radius 1 is 1.33 bits per heavy atom. The Kier molecular flexibility index (Phi) is 3.53. The molecule has 0 amide bonds. The number of fused-ring (bicyclic) bond motifs is 1. The van der Waals surface area contributed by atoms with E-state index in [0.717, 1.165) is 10.8 Å². The molecule has 0 bridgehead atoms. The Bertz CT molecular complexity index is 608. The second-order valence-electron chi connectivity index (χ2n) is 4.37. The summed E-state index contributed by atoms with van der Waals surface area (Å²) in [5, 5.41) is 1.89. The van der Waals surface area contributed by atoms with Gasteiger partial charge in [-0.2, -0.15) is 0 Å². The number of pyridine rings is 1. The maximum absolute atomic E-state index is 12.1. The van der Waals surface area contributed by atoms with Crippen LogP contribution in [0.15, 0.2) is 24.3 Å². The zero-order chi connectivity index (χ0) is 13.3. The molecule has 0 aliphatic carbocycles. The standard InChI is InChI=1S/C14H14ClNO2/c1-8(2)14(17)13-9-5-4-6-11(18-3)10(9)7-12(15)16-13/h4-8H,1-3H3. The van der Waals surface area contributed by atoms with Crippen molar-refractivity contribution in [1.29, 1.82) is 0 Å². The van der Waals surface area contributed by atoms with Gasteiger partial charge in [0, 0.05) is 16.7 Å². The lowest BCUT2D eigenvalue weighted by atomic mass is 10.0. The fraction of sp³-hybridized carbons (Fsp3) is 0.286. The summed E-state index contributed by atoms with van der Waals surface area (Å²) >= 11 is 5.98. The minimum Gasteiger partial charge on any atom is -0.496 e. The van der Waals surface area contributed by atoms with E-state index in [1.165, 1.54) is 0 Å². The number of carbonyl (C=O) groups excluding carboxylic acids is 1. The second-order valence-corrected chi connectivity index (χ2v) is 4.76. The van der Waals surface area contributed by atoms with Crippen LogP contribution in [-0.2, 0) is 0 Å². The normalized spacial score (nSPS) is 10.9. The number of ether oxygens (including phenoxy) is 1. The van der Waals surface area contributed by atoms with Crippen LogP contribution in [-0.4, -0.2) is 17.9 Å². The van der Waals surface area contributed by atoms with Crippen molar-refractivity contribution in [1.82, 2.24) is 4.98 Å². The molecular formula is C14H14ClNO2. The Morgan fingerprint density at radius 2 is 2.06 bits per heavy atom. The van der Waals surface area contributed by atoms with Crippen molar-refractivity contribution < 1.29 is 9.53 Å². The SMILES string of the molecule is COc1cccc2c(C(=O)C(C)C)nc(Cl)cc12. The zero-order valence-electron chi connectivity index (χ0n) is 10.5. The third-order valence-corrected chi connectivity index (χ3v) is 2.97. The molecule has 1 aromatic carbocycles. The van der Waals surface area contributed by atoms with Gasteiger partial charge in [-0.25, -0.2) is 4.98 Å². The number of benzene rings is 1. The third-order valence-electron chi connectivity index (χ3n) is 2.78. The molecule has 0 aliphatic rings. The minimum absolute atomic E-state index is 0.0178. The largest absolute Gasteiger partial charge is 0.496 e. The van der Waals surface area contributed by atoms with Gasteiger partial charge in [-0.3, -0.25) is 4.79 Å². The first-order chi connectivity index (χ1) is 8.54. The van der Waals surface area contributed by atoms with Crippen LogP contribution in [0.3, 0.4) is 0 Å². The molecule has 0 saturated heterocycles. The van der Waals surface area contributed by atoms with Crippen LogP contribution >= 0.6 is 11.6 Å². The van der Waals surface area contributed by atoms with Crippen LogP contribution in [0.1, 0.15) is 24.3 Å². The fourth-order valence-electron chi connectivity index (χ4n) is 1.86. The van der Waals surface area contributed by atoms with Crippen molar-refractivity contribution in [3.63, 3.8) is 0 Å². The molecule has 0 aliphatic heterocycles. The highest BCUT2D eigenvalue weighted by Gasteiger charge is 2.17. The molecule has 94 valence electrons. The molecule has 1 aromatic heterocycles. The maximum atomic E-state index is 12.1. The Morgan fingerprint density at radius 3 is 2.67 bits per heavy atom. The molecule has 4 heteroatoms. The smallest absolute Gasteiger partial charge is 0.184 e. The van der Waals surface area contributed by atoms with E-state index >= 15 is 0 Å². The van der Waals surface area contributed by atoms with Crippen LogP contribution in [0, 0.1) is 5.92 Å². The monoisotopic (exact) mass is 263 g/mol. The average molecular weight is 264 g/mol. The van der Waals surface area contributed by atoms with E-state index in [0.29, 0.717) is 16.6 Å². The Labute approximate surface area is 111 Å². The number of carbonyl (C=O) groups is 1. The summed E-state index contributed by atoms with van der Waals surface area (Å²) in [4.78, 5) is 16.3. The van der Waals surface area contributed by atoms with Crippen LogP contribution < -0.4 is 4.74 Å². The van der Waals surface area contributed by atoms with Crippen LogP contribution in [0.5, 0.6) is 5.75 Å². The van der Waals surface area contributed by atoms with Gasteiger partial charge in [0.25, 0.3) is 0 Å². The molecule has 0 spiro atoms. The van der Waals surface area contributed by atoms with E-state index in [1.807, 2.05) is 32.0 Å². The van der Waals surface area contributed by atoms with Gasteiger partial charge >= 0.3 is 0 Å². The number of hydrogen-bond acceptors (Lipinski definition) is 3. The van der Waals surface area contributed by atoms with Crippen molar-refractivity contribution in [2.45, 2.75) is 13.8 Å². The van der Waals surface area contributed by atoms with Gasteiger partial charge < -0.3 is 4.74 Å². The first-order valence-electron chi connectivity index (χ1n) is 5.72. The molecule has 0 unspecified atom stereocenters. The summed E-state index contributed by atoms with van der Waals surface area (Å²) < 4.78 is 5.28. The van der Waals surface area contributed by atoms with Crippen molar-refractivity contribution in [2.75, 3.05) is 7.11 Å². The average Bonchev–Trinajstić information content (AvgIpc) is 2.36. The predicted molar refractivity (Wildman–Crippen MR) is 72.5 cm³/mol. The zero-order valence-corrected chi connectivity index (χ0v) is 11.3. The first kappa shape index (κ1) is 12.8. The van der Waals surface area contributed by atoms with Crippen LogP contribution in [0.4, 0.5) is 0 Å². The van der Waals surface area contributed by atoms with E-state index in [9.17, 15) is 4.79 Å². The van der Waals surface area contributed by atoms with Crippen molar-refractivity contribution in [3.8, 4) is 5.75 Å². The summed E-state index contributed by atoms with van der Waals surface area (Å²) in [6.07, 6.45) is 0. The lowest BCUT2D eigenvalue weighted by molar-refractivity contribution is 0.0936. The van der Waals surface area contributed by atoms with Crippen LogP contribution in [0.2, 0.25) is 5.15 Å². The highest BCUT2D eigenvalue weighted by Crippen LogP contribution is 2.30. The van der Waals surface area contributed by atoms with E-state index in [4.69, 9.17) is 16.3 Å². The molecule has 3 nitrogen and oxygen atoms in total. The Hall–Kier alpha value is -1.61. The maximum Gasteiger partial charge on any atom is 0.184 e. The lowest BCUT2D eigenvalue weighted by Crippen LogP contribution is -2.10. The van der Waals surface area contributed by atoms with Gasteiger partial charge in [-0.05, 0) is 12.1 Å². The van der Waals surface area contributed by atoms with Gasteiger partial charge in [0.2, 0.25) is 0 Å². The molecule has 1 heterocycles. The van der Waals surface area contributed by atoms with Gasteiger partial charge in [-0.15, -0.1) is 0 Å². The van der Waals surface area contributed by atoms with Crippen LogP contribution in [0.25, 0.3) is 10.8 Å². The number of aromatic nitrogens is 1. The van der Waals surface area contributed by atoms with E-state index in [1.54, 1.807) is 13.2 Å². The summed E-state index contributed by atoms with van der Waals surface area (Å²) in [6, 6.07) is 7.25. The van der Waals surface area contributed by atoms with E-state index in [2.05, 4.69) is 4.98 Å². The second kappa shape index (κ2) is 4.94. The molecule has 18 heavy (non-hydrogen) atoms. The highest BCUT2D eigenvalue weighted by molar-refractivity contribution is 6.30. The minimum atomic E-state index is -0.120. The molecule has 2 rings (SSSR count). The third kappa shape index (κ3) is 2.18. The summed E-state index contributed by atoms with van der Waals surface area (Å²) in [7, 11) is 1.59. The lowest BCUT2D eigenvalue weighted by Gasteiger charge is -2.10. The highest BCUT2D eigenvalue weighted by atomic mass is 35.5. The van der Waals surface area contributed by atoms with E-state index in [-0.39, 0.29) is 11.7 Å². The molecule has 0 atom stereocenters. The van der Waals surface area contributed by atoms with Gasteiger partial charge in [0.1, 0.15) is 16.6 Å². The molecule has 0 N–H and O–H groups in total. The number of rotatable bonds is 3. The number of nitrogens with zero attached hydrogens (tertiary/aromatic N) is 1. The summed E-state index contributed by atoms with van der Waals surface area (Å²) in [5.41, 5.74) is 0.409. The number of ketones is 1. The molecule has 0 radical (unpaired) electrons. The topological polar surface area (TPSA) is 39.2 Å². The molecule has 0 saturated carbocycles. The number of methoxy groups -OCH3 is 1. The van der Waals surface area contributed by atoms with Gasteiger partial charge in [-0.1, -0.05) is 37.6 Å². The predicted octanol–water partition coefficient (Wildman–Crippen LogP) is 3.74. The number of hydrogen-bond donors (Lipinski definition) is 0. The summed E-state index contributed by atoms with van der Waals surface area (Å²) in [5.74, 6) is 0.552. The van der Waals surface area contributed by atoms with Gasteiger partial charge in [0.15, 0.2) is 5.78 Å². The van der Waals surface area contributed by atoms with Crippen molar-refractivity contribution in [3.05, 3.63) is 35.1 Å². The molecule has 0 fully saturated rings. The molecule has 2 aromatic rings. The Balaban J connectivity index is 2.78. The van der Waals surface area contributed by atoms with Gasteiger partial charge in [0.05, 0.1) is 7.11 Å². The summed E-state index contributed by atoms with van der Waals surface area (Å²) in [6.45, 7) is 3.69. The first-order valence-corrected chi connectivity index (χ1v) is 6.10. The van der Waals surface area contributed by atoms with E-state index < -0.39 is 0 Å². The number of Topliss-reactive ketones (excluding diaryl/α,β-unsaturated/α-hetero) is 1. The van der Waals surface area contributed by atoms with Crippen molar-refractivity contribution in [2.24, 2.45) is 5.92 Å².